The van der Waals surface area contributed by atoms with E-state index in [1.165, 1.54) is 30.5 Å². The third-order valence-electron chi connectivity index (χ3n) is 4.80. The van der Waals surface area contributed by atoms with E-state index >= 15 is 0 Å². The maximum Gasteiger partial charge on any atom is 0.339 e. The number of carbonyl (C=O) groups excluding carboxylic acids is 1. The number of carboxylic acids is 1. The summed E-state index contributed by atoms with van der Waals surface area (Å²) in [5.74, 6) is -0.554. The van der Waals surface area contributed by atoms with Gasteiger partial charge < -0.3 is 14.6 Å². The molecular weight excluding hydrogens is 477 g/mol. The molecule has 0 fully saturated rings. The Hall–Kier alpha value is -3.87. The van der Waals surface area contributed by atoms with Crippen molar-refractivity contribution < 1.29 is 24.2 Å². The molecule has 4 aromatic rings. The summed E-state index contributed by atoms with van der Waals surface area (Å²) in [6, 6.07) is 21.3. The van der Waals surface area contributed by atoms with Crippen molar-refractivity contribution in [1.29, 1.82) is 0 Å². The number of aromatic carboxylic acids is 1. The number of carboxylic acid groups (broad SMARTS) is 1. The predicted octanol–water partition coefficient (Wildman–Crippen LogP) is 6.69. The van der Waals surface area contributed by atoms with Crippen LogP contribution in [-0.4, -0.2) is 21.8 Å². The summed E-state index contributed by atoms with van der Waals surface area (Å²) in [6.07, 6.45) is 1.43. The van der Waals surface area contributed by atoms with Crippen molar-refractivity contribution in [3.05, 3.63) is 117 Å². The second-order valence-corrected chi connectivity index (χ2v) is 7.99. The van der Waals surface area contributed by atoms with Crippen LogP contribution in [0.4, 0.5) is 0 Å². The summed E-state index contributed by atoms with van der Waals surface area (Å²) in [7, 11) is 0. The van der Waals surface area contributed by atoms with Gasteiger partial charge in [0.05, 0.1) is 16.2 Å². The molecule has 1 aromatic heterocycles. The molecule has 1 heterocycles. The first-order chi connectivity index (χ1) is 16.4. The summed E-state index contributed by atoms with van der Waals surface area (Å²) in [4.78, 5) is 28.8. The van der Waals surface area contributed by atoms with Crippen LogP contribution in [0.25, 0.3) is 0 Å². The molecule has 34 heavy (non-hydrogen) atoms. The van der Waals surface area contributed by atoms with Crippen molar-refractivity contribution in [1.82, 2.24) is 4.98 Å². The minimum atomic E-state index is -1.21. The maximum atomic E-state index is 12.9. The Bertz CT molecular complexity index is 1340. The molecule has 170 valence electrons. The zero-order chi connectivity index (χ0) is 24.1. The monoisotopic (exact) mass is 493 g/mol. The van der Waals surface area contributed by atoms with E-state index in [0.717, 1.165) is 5.56 Å². The zero-order valence-corrected chi connectivity index (χ0v) is 19.1. The molecule has 0 saturated carbocycles. The molecule has 0 spiro atoms. The lowest BCUT2D eigenvalue weighted by atomic mass is 10.0. The summed E-state index contributed by atoms with van der Waals surface area (Å²) in [5, 5.41) is 10.5. The maximum absolute atomic E-state index is 12.9. The van der Waals surface area contributed by atoms with Gasteiger partial charge in [0, 0.05) is 5.56 Å². The van der Waals surface area contributed by atoms with Gasteiger partial charge >= 0.3 is 5.97 Å². The van der Waals surface area contributed by atoms with Crippen LogP contribution in [0.5, 0.6) is 17.2 Å². The quantitative estimate of drug-likeness (QED) is 0.275. The highest BCUT2D eigenvalue weighted by Crippen LogP contribution is 2.27. The standard InChI is InChI=1S/C26H17Cl2NO5/c27-21-9-6-16(12-22(21)28)15-33-19-8-10-23(29-14-19)25(30)17-7-11-24(20(13-17)26(31)32)34-18-4-2-1-3-5-18/h1-14H,15H2,(H,31,32). The smallest absolute Gasteiger partial charge is 0.339 e. The average Bonchev–Trinajstić information content (AvgIpc) is 2.85. The number of aromatic nitrogens is 1. The van der Waals surface area contributed by atoms with Gasteiger partial charge in [-0.1, -0.05) is 47.5 Å². The second-order valence-electron chi connectivity index (χ2n) is 7.18. The fraction of sp³-hybridized carbons (Fsp3) is 0.0385. The van der Waals surface area contributed by atoms with E-state index in [2.05, 4.69) is 4.98 Å². The van der Waals surface area contributed by atoms with Crippen molar-refractivity contribution >= 4 is 35.0 Å². The molecule has 3 aromatic carbocycles. The van der Waals surface area contributed by atoms with Crippen LogP contribution in [0.3, 0.4) is 0 Å². The fourth-order valence-electron chi connectivity index (χ4n) is 3.09. The van der Waals surface area contributed by atoms with Gasteiger partial charge in [-0.3, -0.25) is 4.79 Å². The number of halogens is 2. The predicted molar refractivity (Wildman–Crippen MR) is 128 cm³/mol. The first-order valence-corrected chi connectivity index (χ1v) is 10.8. The molecule has 0 bridgehead atoms. The molecule has 6 nitrogen and oxygen atoms in total. The third-order valence-corrected chi connectivity index (χ3v) is 5.54. The summed E-state index contributed by atoms with van der Waals surface area (Å²) in [5.41, 5.74) is 1.02. The number of para-hydroxylation sites is 1. The number of carbonyl (C=O) groups is 2. The van der Waals surface area contributed by atoms with E-state index in [-0.39, 0.29) is 29.2 Å². The van der Waals surface area contributed by atoms with E-state index in [4.69, 9.17) is 32.7 Å². The lowest BCUT2D eigenvalue weighted by Crippen LogP contribution is -2.07. The normalized spacial score (nSPS) is 10.5. The number of benzene rings is 3. The molecular formula is C26H17Cl2NO5. The summed E-state index contributed by atoms with van der Waals surface area (Å²) < 4.78 is 11.3. The largest absolute Gasteiger partial charge is 0.487 e. The minimum absolute atomic E-state index is 0.128. The van der Waals surface area contributed by atoms with Gasteiger partial charge in [0.15, 0.2) is 0 Å². The summed E-state index contributed by atoms with van der Waals surface area (Å²) in [6.45, 7) is 0.247. The molecule has 0 atom stereocenters. The number of rotatable bonds is 8. The highest BCUT2D eigenvalue weighted by atomic mass is 35.5. The van der Waals surface area contributed by atoms with Crippen LogP contribution in [-0.2, 0) is 6.61 Å². The highest BCUT2D eigenvalue weighted by molar-refractivity contribution is 6.42. The molecule has 0 aliphatic carbocycles. The lowest BCUT2D eigenvalue weighted by molar-refractivity contribution is 0.0694. The molecule has 0 amide bonds. The van der Waals surface area contributed by atoms with Crippen molar-refractivity contribution in [2.45, 2.75) is 6.61 Å². The van der Waals surface area contributed by atoms with Crippen LogP contribution in [0.1, 0.15) is 32.0 Å². The number of hydrogen-bond donors (Lipinski definition) is 1. The van der Waals surface area contributed by atoms with Crippen LogP contribution >= 0.6 is 23.2 Å². The van der Waals surface area contributed by atoms with Gasteiger partial charge in [-0.2, -0.15) is 0 Å². The SMILES string of the molecule is O=C(c1ccc(Oc2ccccc2)c(C(=O)O)c1)c1ccc(OCc2ccc(Cl)c(Cl)c2)cn1. The van der Waals surface area contributed by atoms with Crippen molar-refractivity contribution in [2.75, 3.05) is 0 Å². The number of pyridine rings is 1. The molecule has 0 saturated heterocycles. The Morgan fingerprint density at radius 3 is 2.32 bits per heavy atom. The van der Waals surface area contributed by atoms with Gasteiger partial charge in [-0.15, -0.1) is 0 Å². The second kappa shape index (κ2) is 10.4. The number of ether oxygens (including phenoxy) is 2. The number of hydrogen-bond acceptors (Lipinski definition) is 5. The molecule has 0 aliphatic heterocycles. The van der Waals surface area contributed by atoms with Gasteiger partial charge in [-0.25, -0.2) is 9.78 Å². The lowest BCUT2D eigenvalue weighted by Gasteiger charge is -2.10. The van der Waals surface area contributed by atoms with Crippen LogP contribution in [0.2, 0.25) is 10.0 Å². The first kappa shape index (κ1) is 23.3. The molecule has 0 radical (unpaired) electrons. The van der Waals surface area contributed by atoms with E-state index in [1.807, 2.05) is 6.07 Å². The highest BCUT2D eigenvalue weighted by Gasteiger charge is 2.18. The van der Waals surface area contributed by atoms with E-state index in [0.29, 0.717) is 21.5 Å². The van der Waals surface area contributed by atoms with Gasteiger partial charge in [0.25, 0.3) is 0 Å². The third kappa shape index (κ3) is 5.54. The number of ketones is 1. The van der Waals surface area contributed by atoms with Gasteiger partial charge in [0.2, 0.25) is 5.78 Å². The Morgan fingerprint density at radius 2 is 1.65 bits per heavy atom. The van der Waals surface area contributed by atoms with Crippen LogP contribution < -0.4 is 9.47 Å². The summed E-state index contributed by atoms with van der Waals surface area (Å²) >= 11 is 11.9. The Kier molecular flexibility index (Phi) is 7.11. The van der Waals surface area contributed by atoms with Crippen LogP contribution in [0.15, 0.2) is 85.1 Å². The van der Waals surface area contributed by atoms with Crippen molar-refractivity contribution in [3.63, 3.8) is 0 Å². The Balaban J connectivity index is 1.48. The molecule has 0 aliphatic rings. The molecule has 4 rings (SSSR count). The zero-order valence-electron chi connectivity index (χ0n) is 17.6. The van der Waals surface area contributed by atoms with Gasteiger partial charge in [-0.05, 0) is 60.2 Å². The van der Waals surface area contributed by atoms with Crippen molar-refractivity contribution in [2.24, 2.45) is 0 Å². The molecule has 1 N–H and O–H groups in total. The molecule has 8 heteroatoms. The van der Waals surface area contributed by atoms with E-state index in [1.54, 1.807) is 48.5 Å². The van der Waals surface area contributed by atoms with Gasteiger partial charge in [0.1, 0.15) is 35.1 Å². The number of nitrogens with zero attached hydrogens (tertiary/aromatic N) is 1. The average molecular weight is 494 g/mol. The fourth-order valence-corrected chi connectivity index (χ4v) is 3.41. The van der Waals surface area contributed by atoms with Crippen LogP contribution in [0, 0.1) is 0 Å². The first-order valence-electron chi connectivity index (χ1n) is 10.1. The Morgan fingerprint density at radius 1 is 0.853 bits per heavy atom. The van der Waals surface area contributed by atoms with E-state index in [9.17, 15) is 14.7 Å². The Labute approximate surface area is 205 Å². The topological polar surface area (TPSA) is 85.7 Å². The minimum Gasteiger partial charge on any atom is -0.487 e. The van der Waals surface area contributed by atoms with E-state index < -0.39 is 11.8 Å². The molecule has 0 unspecified atom stereocenters. The van der Waals surface area contributed by atoms with Crippen molar-refractivity contribution in [3.8, 4) is 17.2 Å².